The minimum absolute atomic E-state index is 0.245. The minimum Gasteiger partial charge on any atom is -0.364 e. The molecule has 0 spiro atoms. The molecule has 3 heterocycles. The van der Waals surface area contributed by atoms with E-state index in [2.05, 4.69) is 15.0 Å². The zero-order valence-electron chi connectivity index (χ0n) is 12.9. The maximum absolute atomic E-state index is 12.5. The lowest BCUT2D eigenvalue weighted by atomic mass is 9.96. The van der Waals surface area contributed by atoms with E-state index in [-0.39, 0.29) is 5.92 Å². The summed E-state index contributed by atoms with van der Waals surface area (Å²) in [6.45, 7) is 2.80. The van der Waals surface area contributed by atoms with Crippen LogP contribution >= 0.6 is 0 Å². The maximum Gasteiger partial charge on any atom is 0.433 e. The van der Waals surface area contributed by atoms with Crippen molar-refractivity contribution < 1.29 is 17.7 Å². The molecule has 0 bridgehead atoms. The van der Waals surface area contributed by atoms with Crippen molar-refractivity contribution in [2.24, 2.45) is 5.92 Å². The third kappa shape index (κ3) is 4.02. The highest BCUT2D eigenvalue weighted by Crippen LogP contribution is 2.26. The lowest BCUT2D eigenvalue weighted by molar-refractivity contribution is -0.141. The van der Waals surface area contributed by atoms with Crippen LogP contribution in [-0.2, 0) is 19.3 Å². The van der Waals surface area contributed by atoms with E-state index in [0.717, 1.165) is 38.0 Å². The van der Waals surface area contributed by atoms with Gasteiger partial charge in [-0.15, -0.1) is 0 Å². The van der Waals surface area contributed by atoms with Crippen molar-refractivity contribution in [2.45, 2.75) is 32.1 Å². The molecule has 0 aromatic carbocycles. The van der Waals surface area contributed by atoms with Gasteiger partial charge in [0.1, 0.15) is 6.26 Å². The molecular formula is C15H17F3N4O2. The van der Waals surface area contributed by atoms with Gasteiger partial charge in [0, 0.05) is 25.2 Å². The topological polar surface area (TPSA) is 64.2 Å². The van der Waals surface area contributed by atoms with Crippen LogP contribution in [0.15, 0.2) is 34.0 Å². The minimum atomic E-state index is -4.59. The second-order valence-electron chi connectivity index (χ2n) is 5.97. The fourth-order valence-electron chi connectivity index (χ4n) is 2.87. The van der Waals surface area contributed by atoms with Gasteiger partial charge in [0.2, 0.25) is 0 Å². The lowest BCUT2D eigenvalue weighted by Crippen LogP contribution is -2.36. The summed E-state index contributed by atoms with van der Waals surface area (Å²) in [5.74, 6) is 0.245. The van der Waals surface area contributed by atoms with Crippen molar-refractivity contribution in [1.29, 1.82) is 0 Å². The van der Waals surface area contributed by atoms with Crippen LogP contribution in [0.3, 0.4) is 0 Å². The molecule has 3 rings (SSSR count). The Kier molecular flexibility index (Phi) is 4.70. The maximum atomic E-state index is 12.5. The number of nitrogens with zero attached hydrogens (tertiary/aromatic N) is 4. The average Bonchev–Trinajstić information content (AvgIpc) is 3.03. The Morgan fingerprint density at radius 1 is 1.29 bits per heavy atom. The van der Waals surface area contributed by atoms with Crippen molar-refractivity contribution in [1.82, 2.24) is 19.6 Å². The van der Waals surface area contributed by atoms with E-state index in [1.165, 1.54) is 10.8 Å². The van der Waals surface area contributed by atoms with Crippen LogP contribution in [0.5, 0.6) is 0 Å². The molecule has 24 heavy (non-hydrogen) atoms. The molecule has 0 saturated carbocycles. The Morgan fingerprint density at radius 3 is 2.62 bits per heavy atom. The van der Waals surface area contributed by atoms with Crippen LogP contribution in [0.4, 0.5) is 13.2 Å². The molecule has 0 N–H and O–H groups in total. The zero-order chi connectivity index (χ0) is 17.2. The van der Waals surface area contributed by atoms with Crippen LogP contribution in [0, 0.1) is 5.92 Å². The van der Waals surface area contributed by atoms with Crippen LogP contribution in [0.25, 0.3) is 0 Å². The SMILES string of the molecule is O=c1cc(C(F)(F)F)ncn1CC1CCN(Cc2ccon2)CC1. The molecule has 0 aliphatic carbocycles. The number of rotatable bonds is 4. The van der Waals surface area contributed by atoms with Crippen molar-refractivity contribution in [3.8, 4) is 0 Å². The first kappa shape index (κ1) is 16.7. The van der Waals surface area contributed by atoms with Crippen LogP contribution < -0.4 is 5.56 Å². The van der Waals surface area contributed by atoms with Gasteiger partial charge >= 0.3 is 6.18 Å². The number of hydrogen-bond donors (Lipinski definition) is 0. The Labute approximate surface area is 135 Å². The Balaban J connectivity index is 1.55. The predicted molar refractivity (Wildman–Crippen MR) is 78.0 cm³/mol. The molecular weight excluding hydrogens is 325 g/mol. The van der Waals surface area contributed by atoms with E-state index >= 15 is 0 Å². The number of hydrogen-bond acceptors (Lipinski definition) is 5. The Hall–Kier alpha value is -2.16. The second kappa shape index (κ2) is 6.76. The van der Waals surface area contributed by atoms with Gasteiger partial charge in [0.25, 0.3) is 5.56 Å². The summed E-state index contributed by atoms with van der Waals surface area (Å²) >= 11 is 0. The van der Waals surface area contributed by atoms with E-state index in [1.807, 2.05) is 6.07 Å². The first-order valence-corrected chi connectivity index (χ1v) is 7.67. The summed E-state index contributed by atoms with van der Waals surface area (Å²) < 4.78 is 43.6. The molecule has 1 fully saturated rings. The second-order valence-corrected chi connectivity index (χ2v) is 5.97. The molecule has 1 aliphatic rings. The number of alkyl halides is 3. The molecule has 1 saturated heterocycles. The molecule has 0 atom stereocenters. The Bertz CT molecular complexity index is 719. The largest absolute Gasteiger partial charge is 0.433 e. The van der Waals surface area contributed by atoms with Crippen molar-refractivity contribution in [3.05, 3.63) is 46.5 Å². The number of aromatic nitrogens is 3. The van der Waals surface area contributed by atoms with Crippen molar-refractivity contribution in [3.63, 3.8) is 0 Å². The summed E-state index contributed by atoms with van der Waals surface area (Å²) in [6, 6.07) is 2.37. The van der Waals surface area contributed by atoms with Gasteiger partial charge in [-0.05, 0) is 31.8 Å². The highest BCUT2D eigenvalue weighted by Gasteiger charge is 2.33. The van der Waals surface area contributed by atoms with Crippen LogP contribution in [0.1, 0.15) is 24.2 Å². The van der Waals surface area contributed by atoms with Crippen LogP contribution in [0.2, 0.25) is 0 Å². The fraction of sp³-hybridized carbons (Fsp3) is 0.533. The first-order valence-electron chi connectivity index (χ1n) is 7.67. The third-order valence-electron chi connectivity index (χ3n) is 4.21. The van der Waals surface area contributed by atoms with Crippen molar-refractivity contribution in [2.75, 3.05) is 13.1 Å². The summed E-state index contributed by atoms with van der Waals surface area (Å²) in [5.41, 5.74) is -0.940. The molecule has 0 radical (unpaired) electrons. The van der Waals surface area contributed by atoms with Gasteiger partial charge in [-0.1, -0.05) is 5.16 Å². The molecule has 130 valence electrons. The summed E-state index contributed by atoms with van der Waals surface area (Å²) in [5, 5.41) is 3.87. The van der Waals surface area contributed by atoms with E-state index in [9.17, 15) is 18.0 Å². The standard InChI is InChI=1S/C15H17F3N4O2/c16-15(17,18)13-7-14(23)22(10-19-13)8-11-1-4-21(5-2-11)9-12-3-6-24-20-12/h3,6-7,10-11H,1-2,4-5,8-9H2. The number of likely N-dealkylation sites (tertiary alicyclic amines) is 1. The summed E-state index contributed by atoms with van der Waals surface area (Å²) in [4.78, 5) is 17.4. The molecule has 2 aromatic rings. The van der Waals surface area contributed by atoms with E-state index in [1.54, 1.807) is 0 Å². The molecule has 6 nitrogen and oxygen atoms in total. The summed E-state index contributed by atoms with van der Waals surface area (Å²) in [7, 11) is 0. The Morgan fingerprint density at radius 2 is 2.04 bits per heavy atom. The fourth-order valence-corrected chi connectivity index (χ4v) is 2.87. The smallest absolute Gasteiger partial charge is 0.364 e. The summed E-state index contributed by atoms with van der Waals surface area (Å²) in [6.07, 6.45) is -0.333. The first-order chi connectivity index (χ1) is 11.4. The lowest BCUT2D eigenvalue weighted by Gasteiger charge is -2.31. The van der Waals surface area contributed by atoms with Crippen molar-refractivity contribution >= 4 is 0 Å². The molecule has 0 unspecified atom stereocenters. The van der Waals surface area contributed by atoms with Gasteiger partial charge in [0.15, 0.2) is 5.69 Å². The van der Waals surface area contributed by atoms with Gasteiger partial charge in [0.05, 0.1) is 12.0 Å². The third-order valence-corrected chi connectivity index (χ3v) is 4.21. The van der Waals surface area contributed by atoms with E-state index in [4.69, 9.17) is 4.52 Å². The van der Waals surface area contributed by atoms with Gasteiger partial charge in [-0.3, -0.25) is 14.3 Å². The van der Waals surface area contributed by atoms with Gasteiger partial charge in [-0.25, -0.2) is 4.98 Å². The molecule has 9 heteroatoms. The number of piperidine rings is 1. The monoisotopic (exact) mass is 342 g/mol. The van der Waals surface area contributed by atoms with E-state index < -0.39 is 17.4 Å². The highest BCUT2D eigenvalue weighted by molar-refractivity contribution is 5.03. The van der Waals surface area contributed by atoms with Gasteiger partial charge in [-0.2, -0.15) is 13.2 Å². The predicted octanol–water partition coefficient (Wildman–Crippen LogP) is 2.16. The normalized spacial score (nSPS) is 17.3. The quantitative estimate of drug-likeness (QED) is 0.852. The molecule has 0 amide bonds. The van der Waals surface area contributed by atoms with Crippen LogP contribution in [-0.4, -0.2) is 32.7 Å². The number of halogens is 3. The average molecular weight is 342 g/mol. The molecule has 1 aliphatic heterocycles. The van der Waals surface area contributed by atoms with E-state index in [0.29, 0.717) is 19.2 Å². The zero-order valence-corrected chi connectivity index (χ0v) is 12.9. The highest BCUT2D eigenvalue weighted by atomic mass is 19.4. The molecule has 2 aromatic heterocycles. The van der Waals surface area contributed by atoms with Gasteiger partial charge < -0.3 is 4.52 Å².